The van der Waals surface area contributed by atoms with Crippen LogP contribution < -0.4 is 11.3 Å². The summed E-state index contributed by atoms with van der Waals surface area (Å²) in [7, 11) is 1.82. The Kier molecular flexibility index (Phi) is 3.19. The maximum absolute atomic E-state index is 11.1. The van der Waals surface area contributed by atoms with Gasteiger partial charge >= 0.3 is 0 Å². The van der Waals surface area contributed by atoms with Gasteiger partial charge in [0.2, 0.25) is 0 Å². The molecule has 0 amide bonds. The Bertz CT molecular complexity index is 589. The lowest BCUT2D eigenvalue weighted by molar-refractivity contribution is 0.686. The first-order valence-corrected chi connectivity index (χ1v) is 5.98. The second kappa shape index (κ2) is 4.62. The summed E-state index contributed by atoms with van der Waals surface area (Å²) in [5.41, 5.74) is 7.29. The zero-order valence-corrected chi connectivity index (χ0v) is 10.4. The normalized spacial score (nSPS) is 10.7. The zero-order valence-electron chi connectivity index (χ0n) is 9.60. The maximum atomic E-state index is 11.1. The first-order valence-electron chi connectivity index (χ1n) is 5.16. The number of aryl methyl sites for hydroxylation is 2. The minimum Gasteiger partial charge on any atom is -0.395 e. The van der Waals surface area contributed by atoms with Crippen molar-refractivity contribution in [3.8, 4) is 0 Å². The van der Waals surface area contributed by atoms with E-state index in [4.69, 9.17) is 5.73 Å². The Morgan fingerprint density at radius 1 is 1.59 bits per heavy atom. The molecule has 0 unspecified atom stereocenters. The van der Waals surface area contributed by atoms with Gasteiger partial charge in [-0.2, -0.15) is 5.10 Å². The van der Waals surface area contributed by atoms with Gasteiger partial charge in [0.1, 0.15) is 5.03 Å². The van der Waals surface area contributed by atoms with E-state index in [0.717, 1.165) is 17.1 Å². The van der Waals surface area contributed by atoms with Crippen LogP contribution in [0.5, 0.6) is 0 Å². The van der Waals surface area contributed by atoms with Crippen molar-refractivity contribution in [1.29, 1.82) is 0 Å². The van der Waals surface area contributed by atoms with Crippen LogP contribution in [-0.4, -0.2) is 19.7 Å². The Balaban J connectivity index is 2.36. The highest BCUT2D eigenvalue weighted by atomic mass is 32.2. The van der Waals surface area contributed by atoms with Crippen molar-refractivity contribution in [3.63, 3.8) is 0 Å². The average molecular weight is 251 g/mol. The maximum Gasteiger partial charge on any atom is 0.251 e. The van der Waals surface area contributed by atoms with Crippen LogP contribution in [0.25, 0.3) is 0 Å². The van der Waals surface area contributed by atoms with Gasteiger partial charge in [0.25, 0.3) is 5.56 Å². The number of aromatic nitrogens is 4. The van der Waals surface area contributed by atoms with E-state index in [0.29, 0.717) is 10.8 Å². The summed E-state index contributed by atoms with van der Waals surface area (Å²) in [6.07, 6.45) is 2.24. The molecular formula is C10H13N5OS. The first kappa shape index (κ1) is 11.7. The molecule has 0 fully saturated rings. The number of nitrogens with one attached hydrogen (secondary N) is 1. The number of hydrogen-bond acceptors (Lipinski definition) is 5. The SMILES string of the molecule is CCc1nn(C)c(Sc2nccc(=O)[nH]2)c1N. The standard InChI is InChI=1S/C10H13N5OS/c1-3-6-8(11)9(15(2)14-6)17-10-12-5-4-7(16)13-10/h4-5H,3,11H2,1-2H3,(H,12,13,16). The van der Waals surface area contributed by atoms with Crippen molar-refractivity contribution in [2.75, 3.05) is 5.73 Å². The van der Waals surface area contributed by atoms with E-state index in [1.54, 1.807) is 4.68 Å². The van der Waals surface area contributed by atoms with Gasteiger partial charge in [0.15, 0.2) is 5.16 Å². The van der Waals surface area contributed by atoms with E-state index in [2.05, 4.69) is 15.1 Å². The molecule has 0 aliphatic carbocycles. The molecule has 0 aromatic carbocycles. The lowest BCUT2D eigenvalue weighted by Crippen LogP contribution is -2.05. The van der Waals surface area contributed by atoms with Gasteiger partial charge in [-0.25, -0.2) is 4.98 Å². The molecule has 17 heavy (non-hydrogen) atoms. The van der Waals surface area contributed by atoms with Crippen molar-refractivity contribution in [1.82, 2.24) is 19.7 Å². The third-order valence-corrected chi connectivity index (χ3v) is 3.36. The predicted octanol–water partition coefficient (Wildman–Crippen LogP) is 0.799. The van der Waals surface area contributed by atoms with Crippen LogP contribution in [0.2, 0.25) is 0 Å². The highest BCUT2D eigenvalue weighted by Gasteiger charge is 2.13. The molecule has 2 rings (SSSR count). The fourth-order valence-corrected chi connectivity index (χ4v) is 2.30. The third-order valence-electron chi connectivity index (χ3n) is 2.28. The van der Waals surface area contributed by atoms with E-state index in [1.165, 1.54) is 24.0 Å². The molecule has 0 spiro atoms. The van der Waals surface area contributed by atoms with Gasteiger partial charge in [-0.1, -0.05) is 6.92 Å². The molecule has 6 nitrogen and oxygen atoms in total. The molecule has 2 heterocycles. The highest BCUT2D eigenvalue weighted by Crippen LogP contribution is 2.30. The molecule has 90 valence electrons. The molecule has 0 atom stereocenters. The van der Waals surface area contributed by atoms with E-state index in [-0.39, 0.29) is 5.56 Å². The number of anilines is 1. The van der Waals surface area contributed by atoms with Crippen molar-refractivity contribution in [3.05, 3.63) is 28.3 Å². The summed E-state index contributed by atoms with van der Waals surface area (Å²) in [5.74, 6) is 0. The van der Waals surface area contributed by atoms with E-state index >= 15 is 0 Å². The molecule has 0 radical (unpaired) electrons. The molecule has 0 saturated heterocycles. The molecule has 0 aliphatic rings. The van der Waals surface area contributed by atoms with Gasteiger partial charge in [-0.3, -0.25) is 9.48 Å². The van der Waals surface area contributed by atoms with Gasteiger partial charge in [0.05, 0.1) is 11.4 Å². The van der Waals surface area contributed by atoms with Crippen LogP contribution in [0.3, 0.4) is 0 Å². The topological polar surface area (TPSA) is 89.6 Å². The lowest BCUT2D eigenvalue weighted by atomic mass is 10.3. The highest BCUT2D eigenvalue weighted by molar-refractivity contribution is 7.99. The van der Waals surface area contributed by atoms with Gasteiger partial charge in [-0.05, 0) is 18.2 Å². The Hall–Kier alpha value is -1.76. The van der Waals surface area contributed by atoms with Crippen LogP contribution in [0.1, 0.15) is 12.6 Å². The summed E-state index contributed by atoms with van der Waals surface area (Å²) in [4.78, 5) is 17.8. The van der Waals surface area contributed by atoms with Crippen LogP contribution in [0.4, 0.5) is 5.69 Å². The Morgan fingerprint density at radius 2 is 2.35 bits per heavy atom. The second-order valence-electron chi connectivity index (χ2n) is 3.48. The fourth-order valence-electron chi connectivity index (χ4n) is 1.46. The Labute approximate surface area is 102 Å². The summed E-state index contributed by atoms with van der Waals surface area (Å²) < 4.78 is 1.70. The number of hydrogen-bond donors (Lipinski definition) is 2. The van der Waals surface area contributed by atoms with E-state index in [9.17, 15) is 4.79 Å². The average Bonchev–Trinajstić information content (AvgIpc) is 2.56. The second-order valence-corrected chi connectivity index (χ2v) is 4.46. The van der Waals surface area contributed by atoms with Crippen LogP contribution in [-0.2, 0) is 13.5 Å². The fraction of sp³-hybridized carbons (Fsp3) is 0.300. The molecule has 3 N–H and O–H groups in total. The van der Waals surface area contributed by atoms with Crippen molar-refractivity contribution in [2.24, 2.45) is 7.05 Å². The number of aromatic amines is 1. The number of rotatable bonds is 3. The molecule has 0 bridgehead atoms. The number of H-pyrrole nitrogens is 1. The minimum atomic E-state index is -0.182. The van der Waals surface area contributed by atoms with Gasteiger partial charge in [0, 0.05) is 19.3 Å². The van der Waals surface area contributed by atoms with Crippen molar-refractivity contribution < 1.29 is 0 Å². The number of nitrogens with two attached hydrogens (primary N) is 1. The zero-order chi connectivity index (χ0) is 12.4. The van der Waals surface area contributed by atoms with Crippen LogP contribution >= 0.6 is 11.8 Å². The Morgan fingerprint density at radius 3 is 2.94 bits per heavy atom. The largest absolute Gasteiger partial charge is 0.395 e. The molecular weight excluding hydrogens is 238 g/mol. The van der Waals surface area contributed by atoms with E-state index in [1.807, 2.05) is 14.0 Å². The summed E-state index contributed by atoms with van der Waals surface area (Å²) in [5, 5.41) is 5.60. The summed E-state index contributed by atoms with van der Waals surface area (Å²) >= 11 is 1.30. The van der Waals surface area contributed by atoms with Crippen molar-refractivity contribution in [2.45, 2.75) is 23.5 Å². The van der Waals surface area contributed by atoms with Gasteiger partial charge < -0.3 is 10.7 Å². The monoisotopic (exact) mass is 251 g/mol. The molecule has 2 aromatic rings. The molecule has 0 aliphatic heterocycles. The first-order chi connectivity index (χ1) is 8.11. The minimum absolute atomic E-state index is 0.182. The quantitative estimate of drug-likeness (QED) is 0.787. The molecule has 2 aromatic heterocycles. The van der Waals surface area contributed by atoms with Crippen molar-refractivity contribution >= 4 is 17.4 Å². The third kappa shape index (κ3) is 2.33. The summed E-state index contributed by atoms with van der Waals surface area (Å²) in [6, 6.07) is 1.37. The van der Waals surface area contributed by atoms with Crippen LogP contribution in [0, 0.1) is 0 Å². The lowest BCUT2D eigenvalue weighted by Gasteiger charge is -2.01. The van der Waals surface area contributed by atoms with E-state index < -0.39 is 0 Å². The number of nitrogens with zero attached hydrogens (tertiary/aromatic N) is 3. The number of nitrogen functional groups attached to an aromatic ring is 1. The van der Waals surface area contributed by atoms with Crippen LogP contribution in [0.15, 0.2) is 27.2 Å². The predicted molar refractivity (Wildman–Crippen MR) is 66.0 cm³/mol. The smallest absolute Gasteiger partial charge is 0.251 e. The van der Waals surface area contributed by atoms with Gasteiger partial charge in [-0.15, -0.1) is 0 Å². The molecule has 7 heteroatoms. The summed E-state index contributed by atoms with van der Waals surface area (Å²) in [6.45, 7) is 2.00. The molecule has 0 saturated carbocycles.